The number of hydrogen-bond donors (Lipinski definition) is 0. The molecule has 4 rings (SSSR count). The van der Waals surface area contributed by atoms with Gasteiger partial charge in [0.05, 0.1) is 29.0 Å². The summed E-state index contributed by atoms with van der Waals surface area (Å²) in [4.78, 5) is 2.23. The molecule has 0 amide bonds. The molecule has 3 aromatic carbocycles. The summed E-state index contributed by atoms with van der Waals surface area (Å²) in [5.41, 5.74) is 7.61. The molecule has 0 unspecified atom stereocenters. The van der Waals surface area contributed by atoms with Crippen LogP contribution in [-0.4, -0.2) is 7.05 Å². The molecule has 1 aliphatic heterocycles. The van der Waals surface area contributed by atoms with E-state index in [2.05, 4.69) is 61.0 Å². The molecule has 3 aromatic rings. The normalized spacial score (nSPS) is 11.6. The van der Waals surface area contributed by atoms with E-state index in [0.717, 1.165) is 23.4 Å². The highest BCUT2D eigenvalue weighted by Crippen LogP contribution is 2.42. The minimum absolute atomic E-state index is 0.278. The molecule has 4 nitrogen and oxygen atoms in total. The highest BCUT2D eigenvalue weighted by molar-refractivity contribution is 5.89. The third-order valence-electron chi connectivity index (χ3n) is 5.20. The molecular formula is C25H19N3O. The summed E-state index contributed by atoms with van der Waals surface area (Å²) < 4.78 is 5.97. The highest BCUT2D eigenvalue weighted by Gasteiger charge is 2.22. The SMILES string of the molecule is C=Cc1cccc2c1N(C)Cc1cc(OCc3ccc(C#N)cc3C#N)ccc1-2. The van der Waals surface area contributed by atoms with Crippen LogP contribution in [0.15, 0.2) is 61.2 Å². The Hall–Kier alpha value is -4.02. The fourth-order valence-corrected chi connectivity index (χ4v) is 3.79. The quantitative estimate of drug-likeness (QED) is 0.621. The summed E-state index contributed by atoms with van der Waals surface area (Å²) in [6, 6.07) is 21.6. The fraction of sp³-hybridized carbons (Fsp3) is 0.120. The van der Waals surface area contributed by atoms with E-state index in [0.29, 0.717) is 11.1 Å². The van der Waals surface area contributed by atoms with E-state index < -0.39 is 0 Å². The average molecular weight is 377 g/mol. The maximum Gasteiger partial charge on any atom is 0.120 e. The number of para-hydroxylation sites is 1. The fourth-order valence-electron chi connectivity index (χ4n) is 3.79. The van der Waals surface area contributed by atoms with Crippen molar-refractivity contribution >= 4 is 11.8 Å². The molecule has 140 valence electrons. The average Bonchev–Trinajstić information content (AvgIpc) is 2.76. The van der Waals surface area contributed by atoms with Crippen LogP contribution in [0.25, 0.3) is 17.2 Å². The van der Waals surface area contributed by atoms with Gasteiger partial charge in [0, 0.05) is 24.7 Å². The van der Waals surface area contributed by atoms with E-state index in [4.69, 9.17) is 10.00 Å². The number of hydrogen-bond acceptors (Lipinski definition) is 4. The van der Waals surface area contributed by atoms with Crippen LogP contribution in [0, 0.1) is 22.7 Å². The summed E-state index contributed by atoms with van der Waals surface area (Å²) in [7, 11) is 2.08. The minimum atomic E-state index is 0.278. The van der Waals surface area contributed by atoms with E-state index in [1.165, 1.54) is 22.4 Å². The molecule has 4 heteroatoms. The van der Waals surface area contributed by atoms with Crippen molar-refractivity contribution in [2.24, 2.45) is 0 Å². The lowest BCUT2D eigenvalue weighted by Crippen LogP contribution is -2.22. The van der Waals surface area contributed by atoms with E-state index in [1.807, 2.05) is 12.1 Å². The van der Waals surface area contributed by atoms with Crippen LogP contribution in [0.2, 0.25) is 0 Å². The molecule has 0 atom stereocenters. The monoisotopic (exact) mass is 377 g/mol. The van der Waals surface area contributed by atoms with Crippen LogP contribution in [0.4, 0.5) is 5.69 Å². The first-order valence-corrected chi connectivity index (χ1v) is 9.30. The second kappa shape index (κ2) is 7.54. The van der Waals surface area contributed by atoms with E-state index in [9.17, 15) is 5.26 Å². The Kier molecular flexibility index (Phi) is 4.77. The molecule has 1 heterocycles. The number of anilines is 1. The summed E-state index contributed by atoms with van der Waals surface area (Å²) in [5, 5.41) is 18.3. The molecule has 0 aliphatic carbocycles. The van der Waals surface area contributed by atoms with Crippen molar-refractivity contribution in [1.29, 1.82) is 10.5 Å². The van der Waals surface area contributed by atoms with Gasteiger partial charge in [-0.3, -0.25) is 0 Å². The van der Waals surface area contributed by atoms with Crippen molar-refractivity contribution in [1.82, 2.24) is 0 Å². The predicted molar refractivity (Wildman–Crippen MR) is 114 cm³/mol. The van der Waals surface area contributed by atoms with Gasteiger partial charge in [0.2, 0.25) is 0 Å². The van der Waals surface area contributed by atoms with Gasteiger partial charge in [-0.15, -0.1) is 0 Å². The predicted octanol–water partition coefficient (Wildman–Crippen LogP) is 5.27. The molecule has 0 spiro atoms. The van der Waals surface area contributed by atoms with Crippen LogP contribution in [0.5, 0.6) is 5.75 Å². The molecule has 0 bridgehead atoms. The smallest absolute Gasteiger partial charge is 0.120 e. The van der Waals surface area contributed by atoms with Crippen LogP contribution in [0.1, 0.15) is 27.8 Å². The minimum Gasteiger partial charge on any atom is -0.489 e. The van der Waals surface area contributed by atoms with Gasteiger partial charge in [-0.1, -0.05) is 43.0 Å². The lowest BCUT2D eigenvalue weighted by Gasteiger charge is -2.31. The van der Waals surface area contributed by atoms with Gasteiger partial charge < -0.3 is 9.64 Å². The van der Waals surface area contributed by atoms with E-state index in [-0.39, 0.29) is 6.61 Å². The summed E-state index contributed by atoms with van der Waals surface area (Å²) in [5.74, 6) is 0.758. The first-order chi connectivity index (χ1) is 14.1. The molecule has 0 N–H and O–H groups in total. The summed E-state index contributed by atoms with van der Waals surface area (Å²) in [6.07, 6.45) is 1.89. The Labute approximate surface area is 170 Å². The number of nitrogens with zero attached hydrogens (tertiary/aromatic N) is 3. The largest absolute Gasteiger partial charge is 0.489 e. The summed E-state index contributed by atoms with van der Waals surface area (Å²) in [6.45, 7) is 4.99. The molecule has 0 aromatic heterocycles. The van der Waals surface area contributed by atoms with E-state index in [1.54, 1.807) is 18.2 Å². The first kappa shape index (κ1) is 18.3. The Morgan fingerprint density at radius 3 is 2.69 bits per heavy atom. The van der Waals surface area contributed by atoms with Crippen molar-refractivity contribution in [3.63, 3.8) is 0 Å². The Balaban J connectivity index is 1.62. The van der Waals surface area contributed by atoms with Crippen LogP contribution in [-0.2, 0) is 13.2 Å². The van der Waals surface area contributed by atoms with Gasteiger partial charge in [-0.05, 0) is 41.0 Å². The third kappa shape index (κ3) is 3.33. The van der Waals surface area contributed by atoms with Crippen LogP contribution in [0.3, 0.4) is 0 Å². The van der Waals surface area contributed by atoms with E-state index >= 15 is 0 Å². The third-order valence-corrected chi connectivity index (χ3v) is 5.20. The zero-order valence-corrected chi connectivity index (χ0v) is 16.1. The summed E-state index contributed by atoms with van der Waals surface area (Å²) >= 11 is 0. The molecule has 0 saturated heterocycles. The van der Waals surface area contributed by atoms with Crippen molar-refractivity contribution in [2.45, 2.75) is 13.2 Å². The molecule has 0 radical (unpaired) electrons. The second-order valence-electron chi connectivity index (χ2n) is 7.01. The Morgan fingerprint density at radius 2 is 1.93 bits per heavy atom. The van der Waals surface area contributed by atoms with Gasteiger partial charge in [-0.2, -0.15) is 10.5 Å². The lowest BCUT2D eigenvalue weighted by atomic mass is 9.91. The number of ether oxygens (including phenoxy) is 1. The molecule has 0 saturated carbocycles. The topological polar surface area (TPSA) is 60.0 Å². The Bertz CT molecular complexity index is 1200. The zero-order valence-electron chi connectivity index (χ0n) is 16.1. The maximum atomic E-state index is 9.33. The van der Waals surface area contributed by atoms with Crippen LogP contribution < -0.4 is 9.64 Å². The number of fused-ring (bicyclic) bond motifs is 3. The molecular weight excluding hydrogens is 358 g/mol. The standard InChI is InChI=1S/C25H19N3O/c1-3-18-5-4-6-24-23-10-9-22(12-21(23)15-28(2)25(18)24)29-16-19-8-7-17(13-26)11-20(19)14-27/h3-12H,1,15-16H2,2H3. The second-order valence-corrected chi connectivity index (χ2v) is 7.01. The van der Waals surface area contributed by atoms with Gasteiger partial charge >= 0.3 is 0 Å². The van der Waals surface area contributed by atoms with Crippen molar-refractivity contribution in [3.8, 4) is 29.0 Å². The maximum absolute atomic E-state index is 9.33. The van der Waals surface area contributed by atoms with Crippen molar-refractivity contribution in [2.75, 3.05) is 11.9 Å². The van der Waals surface area contributed by atoms with Crippen LogP contribution >= 0.6 is 0 Å². The molecule has 0 fully saturated rings. The van der Waals surface area contributed by atoms with Gasteiger partial charge in [0.15, 0.2) is 0 Å². The Morgan fingerprint density at radius 1 is 1.07 bits per heavy atom. The number of nitriles is 2. The highest BCUT2D eigenvalue weighted by atomic mass is 16.5. The molecule has 1 aliphatic rings. The van der Waals surface area contributed by atoms with Gasteiger partial charge in [0.25, 0.3) is 0 Å². The first-order valence-electron chi connectivity index (χ1n) is 9.30. The van der Waals surface area contributed by atoms with Crippen molar-refractivity contribution < 1.29 is 4.74 Å². The zero-order chi connectivity index (χ0) is 20.4. The number of benzene rings is 3. The van der Waals surface area contributed by atoms with Gasteiger partial charge in [-0.25, -0.2) is 0 Å². The van der Waals surface area contributed by atoms with Crippen molar-refractivity contribution in [3.05, 3.63) is 89.0 Å². The molecule has 29 heavy (non-hydrogen) atoms. The number of rotatable bonds is 4. The lowest BCUT2D eigenvalue weighted by molar-refractivity contribution is 0.305. The van der Waals surface area contributed by atoms with Gasteiger partial charge in [0.1, 0.15) is 12.4 Å².